The summed E-state index contributed by atoms with van der Waals surface area (Å²) >= 11 is 0. The highest BCUT2D eigenvalue weighted by Crippen LogP contribution is 2.43. The van der Waals surface area contributed by atoms with Gasteiger partial charge >= 0.3 is 5.97 Å². The quantitative estimate of drug-likeness (QED) is 0.752. The van der Waals surface area contributed by atoms with Gasteiger partial charge in [-0.15, -0.1) is 0 Å². The average molecular weight is 306 g/mol. The molecule has 0 bridgehead atoms. The molecule has 22 heavy (non-hydrogen) atoms. The molecule has 0 aliphatic carbocycles. The van der Waals surface area contributed by atoms with E-state index in [0.717, 1.165) is 11.4 Å². The Hall–Kier alpha value is -1.89. The highest BCUT2D eigenvalue weighted by molar-refractivity contribution is 5.79. The van der Waals surface area contributed by atoms with Crippen molar-refractivity contribution < 1.29 is 14.3 Å². The van der Waals surface area contributed by atoms with Crippen molar-refractivity contribution in [2.75, 3.05) is 57.3 Å². The molecule has 0 spiro atoms. The first-order chi connectivity index (χ1) is 10.5. The maximum Gasteiger partial charge on any atom is 0.316 e. The molecule has 0 saturated carbocycles. The normalized spacial score (nSPS) is 26.9. The molecule has 0 amide bonds. The van der Waals surface area contributed by atoms with Crippen LogP contribution in [0.3, 0.4) is 0 Å². The van der Waals surface area contributed by atoms with E-state index in [1.807, 2.05) is 32.1 Å². The average Bonchev–Trinajstić information content (AvgIpc) is 3.04. The van der Waals surface area contributed by atoms with Crippen molar-refractivity contribution in [3.63, 3.8) is 0 Å². The molecule has 7 nitrogen and oxygen atoms in total. The van der Waals surface area contributed by atoms with Crippen LogP contribution >= 0.6 is 0 Å². The summed E-state index contributed by atoms with van der Waals surface area (Å²) in [5, 5.41) is 0. The van der Waals surface area contributed by atoms with Crippen LogP contribution in [0.1, 0.15) is 5.56 Å². The van der Waals surface area contributed by atoms with Crippen molar-refractivity contribution in [2.45, 2.75) is 6.92 Å². The summed E-state index contributed by atoms with van der Waals surface area (Å²) in [6.45, 7) is 4.23. The smallest absolute Gasteiger partial charge is 0.316 e. The molecule has 1 aromatic rings. The van der Waals surface area contributed by atoms with E-state index in [2.05, 4.69) is 14.9 Å². The van der Waals surface area contributed by atoms with Gasteiger partial charge in [-0.2, -0.15) is 4.98 Å². The number of nitrogens with zero attached hydrogens (tertiary/aromatic N) is 4. The fourth-order valence-corrected chi connectivity index (χ4v) is 3.41. The molecule has 2 aliphatic rings. The first-order valence-corrected chi connectivity index (χ1v) is 7.40. The van der Waals surface area contributed by atoms with E-state index in [0.29, 0.717) is 32.3 Å². The number of carbonyl (C=O) groups excluding carboxylic acids is 1. The number of esters is 1. The largest absolute Gasteiger partial charge is 0.468 e. The molecule has 2 aliphatic heterocycles. The summed E-state index contributed by atoms with van der Waals surface area (Å²) in [4.78, 5) is 25.4. The Bertz CT molecular complexity index is 592. The molecule has 3 heterocycles. The first-order valence-electron chi connectivity index (χ1n) is 7.40. The van der Waals surface area contributed by atoms with Gasteiger partial charge in [0.1, 0.15) is 11.2 Å². The Kier molecular flexibility index (Phi) is 3.68. The second-order valence-corrected chi connectivity index (χ2v) is 6.31. The molecule has 2 fully saturated rings. The molecule has 2 atom stereocenters. The number of fused-ring (bicyclic) bond motifs is 1. The number of hydrogen-bond acceptors (Lipinski definition) is 7. The van der Waals surface area contributed by atoms with Crippen molar-refractivity contribution in [1.82, 2.24) is 9.97 Å². The second kappa shape index (κ2) is 5.39. The molecule has 7 heteroatoms. The third-order valence-corrected chi connectivity index (χ3v) is 4.60. The predicted molar refractivity (Wildman–Crippen MR) is 82.1 cm³/mol. The van der Waals surface area contributed by atoms with E-state index in [4.69, 9.17) is 9.47 Å². The molecule has 0 unspecified atom stereocenters. The van der Waals surface area contributed by atoms with Crippen molar-refractivity contribution in [3.8, 4) is 0 Å². The van der Waals surface area contributed by atoms with Gasteiger partial charge in [0.05, 0.1) is 20.3 Å². The third kappa shape index (κ3) is 2.20. The minimum absolute atomic E-state index is 0.132. The summed E-state index contributed by atoms with van der Waals surface area (Å²) in [6, 6.07) is 0. The van der Waals surface area contributed by atoms with E-state index in [1.165, 1.54) is 7.11 Å². The monoisotopic (exact) mass is 306 g/mol. The van der Waals surface area contributed by atoms with Crippen molar-refractivity contribution in [2.24, 2.45) is 11.3 Å². The number of methoxy groups -OCH3 is 1. The zero-order chi connectivity index (χ0) is 15.9. The topological polar surface area (TPSA) is 67.8 Å². The van der Waals surface area contributed by atoms with Crippen LogP contribution in [0.25, 0.3) is 0 Å². The van der Waals surface area contributed by atoms with Gasteiger partial charge in [0.2, 0.25) is 5.95 Å². The highest BCUT2D eigenvalue weighted by Gasteiger charge is 2.57. The third-order valence-electron chi connectivity index (χ3n) is 4.60. The van der Waals surface area contributed by atoms with E-state index in [-0.39, 0.29) is 11.9 Å². The van der Waals surface area contributed by atoms with Gasteiger partial charge in [0.25, 0.3) is 0 Å². The summed E-state index contributed by atoms with van der Waals surface area (Å²) < 4.78 is 10.5. The Labute approximate surface area is 130 Å². The van der Waals surface area contributed by atoms with Crippen LogP contribution in [0.2, 0.25) is 0 Å². The molecule has 3 rings (SSSR count). The van der Waals surface area contributed by atoms with Crippen molar-refractivity contribution in [3.05, 3.63) is 11.8 Å². The van der Waals surface area contributed by atoms with Crippen LogP contribution in [0, 0.1) is 18.3 Å². The van der Waals surface area contributed by atoms with Gasteiger partial charge < -0.3 is 19.3 Å². The molecule has 0 N–H and O–H groups in total. The summed E-state index contributed by atoms with van der Waals surface area (Å²) in [5.74, 6) is 1.49. The Morgan fingerprint density at radius 3 is 3.00 bits per heavy atom. The van der Waals surface area contributed by atoms with Gasteiger partial charge in [-0.1, -0.05) is 0 Å². The zero-order valence-corrected chi connectivity index (χ0v) is 13.5. The fraction of sp³-hybridized carbons (Fsp3) is 0.667. The van der Waals surface area contributed by atoms with Crippen LogP contribution in [0.15, 0.2) is 6.20 Å². The van der Waals surface area contributed by atoms with Crippen molar-refractivity contribution >= 4 is 17.7 Å². The molecule has 1 aromatic heterocycles. The highest BCUT2D eigenvalue weighted by atomic mass is 16.5. The lowest BCUT2D eigenvalue weighted by molar-refractivity contribution is -0.152. The number of hydrogen-bond donors (Lipinski definition) is 0. The minimum Gasteiger partial charge on any atom is -0.468 e. The standard InChI is InChI=1S/C15H22N4O3/c1-10-5-16-14(17-12(10)18(2)3)19-6-11-7-22-9-15(11,8-19)13(20)21-4/h5,11H,6-9H2,1-4H3/t11-,15-/m0/s1. The Morgan fingerprint density at radius 2 is 2.32 bits per heavy atom. The lowest BCUT2D eigenvalue weighted by Gasteiger charge is -2.24. The summed E-state index contributed by atoms with van der Waals surface area (Å²) in [7, 11) is 5.35. The van der Waals surface area contributed by atoms with Crippen LogP contribution in [0.4, 0.5) is 11.8 Å². The van der Waals surface area contributed by atoms with Gasteiger partial charge in [-0.3, -0.25) is 4.79 Å². The maximum absolute atomic E-state index is 12.2. The van der Waals surface area contributed by atoms with Crippen molar-refractivity contribution in [1.29, 1.82) is 0 Å². The van der Waals surface area contributed by atoms with Gasteiger partial charge in [-0.25, -0.2) is 4.98 Å². The summed E-state index contributed by atoms with van der Waals surface area (Å²) in [6.07, 6.45) is 1.83. The molecule has 120 valence electrons. The van der Waals surface area contributed by atoms with Crippen LogP contribution in [0.5, 0.6) is 0 Å². The van der Waals surface area contributed by atoms with E-state index in [1.54, 1.807) is 0 Å². The predicted octanol–water partition coefficient (Wildman–Crippen LogP) is 0.477. The van der Waals surface area contributed by atoms with Gasteiger partial charge in [-0.05, 0) is 6.92 Å². The summed E-state index contributed by atoms with van der Waals surface area (Å²) in [5.41, 5.74) is 0.445. The van der Waals surface area contributed by atoms with E-state index in [9.17, 15) is 4.79 Å². The fourth-order valence-electron chi connectivity index (χ4n) is 3.41. The number of ether oxygens (including phenoxy) is 2. The number of carbonyl (C=O) groups is 1. The van der Waals surface area contributed by atoms with Crippen LogP contribution in [-0.2, 0) is 14.3 Å². The van der Waals surface area contributed by atoms with Crippen LogP contribution < -0.4 is 9.80 Å². The number of aromatic nitrogens is 2. The first kappa shape index (κ1) is 15.0. The lowest BCUT2D eigenvalue weighted by atomic mass is 9.81. The molecule has 0 aromatic carbocycles. The van der Waals surface area contributed by atoms with E-state index < -0.39 is 5.41 Å². The molecule has 2 saturated heterocycles. The maximum atomic E-state index is 12.2. The Balaban J connectivity index is 1.89. The molecular weight excluding hydrogens is 284 g/mol. The SMILES string of the molecule is COC(=O)[C@@]12COC[C@@H]1CN(c1ncc(C)c(N(C)C)n1)C2. The van der Waals surface area contributed by atoms with E-state index >= 15 is 0 Å². The van der Waals surface area contributed by atoms with Crippen LogP contribution in [-0.4, -0.2) is 63.4 Å². The number of anilines is 2. The van der Waals surface area contributed by atoms with Gasteiger partial charge in [0, 0.05) is 44.9 Å². The van der Waals surface area contributed by atoms with Gasteiger partial charge in [0.15, 0.2) is 0 Å². The molecule has 0 radical (unpaired) electrons. The number of rotatable bonds is 3. The Morgan fingerprint density at radius 1 is 1.55 bits per heavy atom. The minimum atomic E-state index is -0.582. The molecular formula is C15H22N4O3. The second-order valence-electron chi connectivity index (χ2n) is 6.31. The lowest BCUT2D eigenvalue weighted by Crippen LogP contribution is -2.40. The zero-order valence-electron chi connectivity index (χ0n) is 13.5. The number of aryl methyl sites for hydroxylation is 1.